The van der Waals surface area contributed by atoms with Crippen LogP contribution in [0.15, 0.2) is 0 Å². The molecule has 0 N–H and O–H groups in total. The van der Waals surface area contributed by atoms with E-state index in [1.165, 1.54) is 6.17 Å². The number of piperidine rings is 1. The van der Waals surface area contributed by atoms with Gasteiger partial charge >= 0.3 is 0 Å². The summed E-state index contributed by atoms with van der Waals surface area (Å²) in [5, 5.41) is 0. The van der Waals surface area contributed by atoms with Gasteiger partial charge in [0.25, 0.3) is 0 Å². The summed E-state index contributed by atoms with van der Waals surface area (Å²) >= 11 is 0. The highest BCUT2D eigenvalue weighted by Gasteiger charge is 2.26. The first-order valence-corrected chi connectivity index (χ1v) is 8.84. The highest BCUT2D eigenvalue weighted by Crippen LogP contribution is 2.14. The summed E-state index contributed by atoms with van der Waals surface area (Å²) in [5.74, 6) is 0.719. The lowest BCUT2D eigenvalue weighted by atomic mass is 9.99. The smallest absolute Gasteiger partial charge is 0.138 e. The molecule has 0 radical (unpaired) electrons. The van der Waals surface area contributed by atoms with Crippen molar-refractivity contribution in [1.82, 2.24) is 4.90 Å². The van der Waals surface area contributed by atoms with Gasteiger partial charge in [-0.2, -0.15) is 0 Å². The van der Waals surface area contributed by atoms with E-state index < -0.39 is 8.07 Å². The van der Waals surface area contributed by atoms with Gasteiger partial charge in [0.15, 0.2) is 0 Å². The minimum absolute atomic E-state index is 0.269. The van der Waals surface area contributed by atoms with Gasteiger partial charge < -0.3 is 4.90 Å². The molecule has 1 aliphatic rings. The van der Waals surface area contributed by atoms with Crippen LogP contribution in [0.4, 0.5) is 0 Å². The van der Waals surface area contributed by atoms with E-state index in [1.54, 1.807) is 0 Å². The lowest BCUT2D eigenvalue weighted by molar-refractivity contribution is -0.125. The summed E-state index contributed by atoms with van der Waals surface area (Å²) in [4.78, 5) is 13.8. The van der Waals surface area contributed by atoms with Crippen LogP contribution < -0.4 is 0 Å². The van der Waals surface area contributed by atoms with Crippen molar-refractivity contribution in [2.75, 3.05) is 19.3 Å². The number of nitrogens with zero attached hydrogens (tertiary/aromatic N) is 1. The summed E-state index contributed by atoms with van der Waals surface area (Å²) in [5.41, 5.74) is 0. The molecular formula is C10H21NOSi. The molecule has 0 aromatic rings. The quantitative estimate of drug-likeness (QED) is 0.632. The molecule has 0 spiro atoms. The second-order valence-corrected chi connectivity index (χ2v) is 10.9. The fourth-order valence-corrected chi connectivity index (χ4v) is 3.54. The first-order valence-electron chi connectivity index (χ1n) is 5.13. The van der Waals surface area contributed by atoms with Crippen LogP contribution in [0.25, 0.3) is 0 Å². The molecule has 1 rings (SSSR count). The first-order chi connectivity index (χ1) is 5.88. The maximum absolute atomic E-state index is 11.3. The van der Waals surface area contributed by atoms with E-state index in [9.17, 15) is 4.79 Å². The van der Waals surface area contributed by atoms with E-state index in [4.69, 9.17) is 0 Å². The molecule has 1 fully saturated rings. The molecule has 0 aromatic carbocycles. The Labute approximate surface area is 82.3 Å². The average molecular weight is 199 g/mol. The third-order valence-corrected chi connectivity index (χ3v) is 3.85. The van der Waals surface area contributed by atoms with Crippen LogP contribution in [0.3, 0.4) is 0 Å². The Morgan fingerprint density at radius 3 is 2.54 bits per heavy atom. The molecular weight excluding hydrogens is 178 g/mol. The summed E-state index contributed by atoms with van der Waals surface area (Å²) in [7, 11) is -0.982. The molecule has 76 valence electrons. The highest BCUT2D eigenvalue weighted by molar-refractivity contribution is 6.76. The van der Waals surface area contributed by atoms with Crippen LogP contribution in [-0.4, -0.2) is 38.0 Å². The van der Waals surface area contributed by atoms with Crippen molar-refractivity contribution < 1.29 is 4.79 Å². The molecule has 0 aromatic heterocycles. The molecule has 1 unspecified atom stereocenters. The van der Waals surface area contributed by atoms with Crippen LogP contribution in [0.2, 0.25) is 19.6 Å². The lowest BCUT2D eigenvalue weighted by Crippen LogP contribution is -2.47. The van der Waals surface area contributed by atoms with E-state index in [1.807, 2.05) is 0 Å². The highest BCUT2D eigenvalue weighted by atomic mass is 28.3. The second kappa shape index (κ2) is 3.92. The van der Waals surface area contributed by atoms with E-state index >= 15 is 0 Å². The van der Waals surface area contributed by atoms with Crippen LogP contribution in [0, 0.1) is 5.92 Å². The largest absolute Gasteiger partial charge is 0.305 e. The normalized spacial score (nSPS) is 26.5. The summed E-state index contributed by atoms with van der Waals surface area (Å²) < 4.78 is 0. The SMILES string of the molecule is CC1CN(C[Si](C)(C)C)CCC1=O. The molecule has 1 aliphatic heterocycles. The maximum Gasteiger partial charge on any atom is 0.138 e. The number of hydrogen-bond acceptors (Lipinski definition) is 2. The van der Waals surface area contributed by atoms with E-state index in [0.717, 1.165) is 19.5 Å². The zero-order valence-electron chi connectivity index (χ0n) is 9.26. The Morgan fingerprint density at radius 2 is 2.08 bits per heavy atom. The number of carbonyl (C=O) groups is 1. The van der Waals surface area contributed by atoms with Crippen LogP contribution in [-0.2, 0) is 4.79 Å². The molecule has 2 nitrogen and oxygen atoms in total. The maximum atomic E-state index is 11.3. The topological polar surface area (TPSA) is 20.3 Å². The molecule has 0 aliphatic carbocycles. The van der Waals surface area contributed by atoms with Crippen molar-refractivity contribution in [3.63, 3.8) is 0 Å². The fraction of sp³-hybridized carbons (Fsp3) is 0.900. The molecule has 0 saturated carbocycles. The minimum Gasteiger partial charge on any atom is -0.305 e. The van der Waals surface area contributed by atoms with Gasteiger partial charge in [0.1, 0.15) is 5.78 Å². The second-order valence-electron chi connectivity index (χ2n) is 5.41. The lowest BCUT2D eigenvalue weighted by Gasteiger charge is -2.33. The fourth-order valence-electron chi connectivity index (χ4n) is 1.91. The number of carbonyl (C=O) groups excluding carboxylic acids is 1. The molecule has 1 atom stereocenters. The van der Waals surface area contributed by atoms with Gasteiger partial charge in [0.05, 0.1) is 8.07 Å². The number of ketones is 1. The standard InChI is InChI=1S/C10H21NOSi/c1-9-7-11(6-5-10(9)12)8-13(2,3)4/h9H,5-8H2,1-4H3. The van der Waals surface area contributed by atoms with Gasteiger partial charge in [0.2, 0.25) is 0 Å². The molecule has 3 heteroatoms. The van der Waals surface area contributed by atoms with E-state index in [0.29, 0.717) is 5.78 Å². The van der Waals surface area contributed by atoms with Crippen LogP contribution in [0.5, 0.6) is 0 Å². The van der Waals surface area contributed by atoms with Crippen molar-refractivity contribution in [3.05, 3.63) is 0 Å². The van der Waals surface area contributed by atoms with Gasteiger partial charge in [-0.1, -0.05) is 26.6 Å². The Balaban J connectivity index is 2.42. The summed E-state index contributed by atoms with van der Waals surface area (Å²) in [6.45, 7) is 11.2. The predicted octanol–water partition coefficient (Wildman–Crippen LogP) is 1.77. The van der Waals surface area contributed by atoms with E-state index in [-0.39, 0.29) is 5.92 Å². The molecule has 0 amide bonds. The molecule has 1 heterocycles. The number of rotatable bonds is 2. The summed E-state index contributed by atoms with van der Waals surface area (Å²) in [6.07, 6.45) is 2.01. The van der Waals surface area contributed by atoms with Gasteiger partial charge in [-0.3, -0.25) is 4.79 Å². The van der Waals surface area contributed by atoms with Crippen LogP contribution in [0.1, 0.15) is 13.3 Å². The van der Waals surface area contributed by atoms with Gasteiger partial charge in [-0.15, -0.1) is 0 Å². The van der Waals surface area contributed by atoms with Crippen molar-refractivity contribution in [2.45, 2.75) is 33.0 Å². The number of hydrogen-bond donors (Lipinski definition) is 0. The summed E-state index contributed by atoms with van der Waals surface area (Å²) in [6, 6.07) is 0. The van der Waals surface area contributed by atoms with Crippen LogP contribution >= 0.6 is 0 Å². The number of likely N-dealkylation sites (tertiary alicyclic amines) is 1. The first kappa shape index (κ1) is 10.9. The predicted molar refractivity (Wildman–Crippen MR) is 58.6 cm³/mol. The molecule has 13 heavy (non-hydrogen) atoms. The van der Waals surface area contributed by atoms with E-state index in [2.05, 4.69) is 31.5 Å². The van der Waals surface area contributed by atoms with Crippen molar-refractivity contribution >= 4 is 13.9 Å². The Bertz CT molecular complexity index is 198. The Kier molecular flexibility index (Phi) is 3.30. The average Bonchev–Trinajstić information content (AvgIpc) is 1.94. The monoisotopic (exact) mass is 199 g/mol. The third kappa shape index (κ3) is 3.61. The van der Waals surface area contributed by atoms with Gasteiger partial charge in [0, 0.05) is 25.4 Å². The van der Waals surface area contributed by atoms with Crippen molar-refractivity contribution in [1.29, 1.82) is 0 Å². The van der Waals surface area contributed by atoms with Crippen molar-refractivity contribution in [3.8, 4) is 0 Å². The Morgan fingerprint density at radius 1 is 1.46 bits per heavy atom. The molecule has 0 bridgehead atoms. The zero-order valence-corrected chi connectivity index (χ0v) is 10.3. The number of Topliss-reactive ketones (excluding diaryl/α,β-unsaturated/α-hetero) is 1. The Hall–Kier alpha value is -0.153. The van der Waals surface area contributed by atoms with Gasteiger partial charge in [-0.05, 0) is 6.17 Å². The minimum atomic E-state index is -0.982. The van der Waals surface area contributed by atoms with Crippen molar-refractivity contribution in [2.24, 2.45) is 5.92 Å². The molecule has 1 saturated heterocycles. The van der Waals surface area contributed by atoms with Gasteiger partial charge in [-0.25, -0.2) is 0 Å². The zero-order chi connectivity index (χ0) is 10.1. The third-order valence-electron chi connectivity index (χ3n) is 2.45.